The molecule has 2 aromatic rings. The molecule has 3 rings (SSSR count). The lowest BCUT2D eigenvalue weighted by atomic mass is 10.0. The molecular weight excluding hydrogens is 1800 g/mol. The van der Waals surface area contributed by atoms with Crippen molar-refractivity contribution in [3.05, 3.63) is 59.7 Å². The average molecular weight is 1890 g/mol. The number of alkyl halides is 3. The molecule has 14 atom stereocenters. The molecule has 0 unspecified atom stereocenters. The summed E-state index contributed by atoms with van der Waals surface area (Å²) in [7, 11) is -15.8. The Hall–Kier alpha value is -9.43. The average Bonchev–Trinajstić information content (AvgIpc) is 1.64. The minimum atomic E-state index is -5.12. The van der Waals surface area contributed by atoms with Crippen molar-refractivity contribution in [2.24, 2.45) is 11.5 Å². The number of phenolic OH excluding ortho intramolecular Hbond substituents is 2. The van der Waals surface area contributed by atoms with Crippen LogP contribution in [0.5, 0.6) is 11.5 Å². The summed E-state index contributed by atoms with van der Waals surface area (Å²) in [6.45, 7) is 1.14. The number of amides is 14. The first kappa shape index (κ1) is 107. The number of rotatable bonds is 48. The number of aliphatic carboxylic acids is 3. The molecule has 14 amide bonds. The van der Waals surface area contributed by atoms with Gasteiger partial charge in [0.1, 0.15) is 84.0 Å². The van der Waals surface area contributed by atoms with Crippen LogP contribution in [0.15, 0.2) is 48.5 Å². The Morgan fingerprint density at radius 2 is 0.892 bits per heavy atom. The smallest absolute Gasteiger partial charge is 0.490 e. The molecule has 0 radical (unpaired) electrons. The predicted octanol–water partition coefficient (Wildman–Crippen LogP) is -8.09. The zero-order valence-corrected chi connectivity index (χ0v) is 69.8. The summed E-state index contributed by atoms with van der Waals surface area (Å²) in [6, 6.07) is -13.3. The van der Waals surface area contributed by atoms with Gasteiger partial charge in [-0.05, 0) is 101 Å². The molecule has 47 nitrogen and oxygen atoms in total. The SMILES string of the molecule is C[C@H](NC(=O)[C@@H]1CCCN1C(=O)[C@H](CC(N)=O)NC(=O)[C@H](CS)NC(=O)[C@H](CSS(=O)(=O)O)NC(=O)[C@H](Cc1ccc(O)cc1)NC(=O)[C@H](CCC(=O)O)NC(=O)[C@H](CSS(=O)(=O)O)NC(=O)[C@@H](N)CSS(=O)(=O)O)C(=O)N[C@@H](CS)C(=O)N[C@H](C(=O)NCC(=O)N[C@@H](CS)C(=O)N[C@@H](Cc1ccc(O)cc1)C(=O)O)[C@@H](C)O.O=C(O)C(F)(F)F. The summed E-state index contributed by atoms with van der Waals surface area (Å²) in [5, 5.41) is 82.7. The molecule has 2 aromatic carbocycles. The number of carbonyl (C=O) groups excluding carboxylic acids is 14. The fourth-order valence-corrected chi connectivity index (χ4v) is 15.0. The van der Waals surface area contributed by atoms with Gasteiger partial charge in [0.05, 0.1) is 25.1 Å². The Balaban J connectivity index is 0.00000665. The van der Waals surface area contributed by atoms with Gasteiger partial charge in [0.25, 0.3) is 0 Å². The number of thiol groups is 3. The molecule has 0 aliphatic carbocycles. The number of primary amides is 1. The lowest BCUT2D eigenvalue weighted by Crippen LogP contribution is -2.61. The van der Waals surface area contributed by atoms with Crippen LogP contribution >= 0.6 is 70.3 Å². The van der Waals surface area contributed by atoms with Gasteiger partial charge in [-0.3, -0.25) is 85.6 Å². The number of nitrogens with one attached hydrogen (secondary N) is 12. The highest BCUT2D eigenvalue weighted by atomic mass is 33.2. The molecule has 1 aliphatic rings. The quantitative estimate of drug-likeness (QED) is 0.0166. The first-order chi connectivity index (χ1) is 55.5. The number of halogens is 3. The number of benzene rings is 2. The second kappa shape index (κ2) is 50.1. The highest BCUT2D eigenvalue weighted by Gasteiger charge is 2.43. The molecule has 120 heavy (non-hydrogen) atoms. The van der Waals surface area contributed by atoms with E-state index in [1.165, 1.54) is 36.4 Å². The van der Waals surface area contributed by atoms with Gasteiger partial charge in [0.2, 0.25) is 82.7 Å². The molecule has 59 heteroatoms. The van der Waals surface area contributed by atoms with Gasteiger partial charge in [0, 0.05) is 60.3 Å². The number of likely N-dealkylation sites (tertiary alicyclic amines) is 1. The highest BCUT2D eigenvalue weighted by molar-refractivity contribution is 8.70. The number of carbonyl (C=O) groups is 17. The number of aliphatic hydroxyl groups is 1. The normalized spacial score (nSPS) is 16.0. The summed E-state index contributed by atoms with van der Waals surface area (Å²) in [4.78, 5) is 224. The summed E-state index contributed by atoms with van der Waals surface area (Å²) in [5.74, 6) is -28.0. The molecule has 1 heterocycles. The lowest BCUT2D eigenvalue weighted by molar-refractivity contribution is -0.192. The fraction of sp³-hybridized carbons (Fsp3) is 0.525. The number of nitrogens with zero attached hydrogens (tertiary/aromatic N) is 1. The second-order valence-electron chi connectivity index (χ2n) is 25.3. The lowest BCUT2D eigenvalue weighted by Gasteiger charge is -2.30. The number of hydrogen-bond acceptors (Lipinski definition) is 33. The number of phenols is 2. The number of carboxylic acids is 3. The summed E-state index contributed by atoms with van der Waals surface area (Å²) in [5.41, 5.74) is 11.7. The van der Waals surface area contributed by atoms with Crippen LogP contribution in [0.1, 0.15) is 57.1 Å². The van der Waals surface area contributed by atoms with Gasteiger partial charge in [-0.1, -0.05) is 24.3 Å². The van der Waals surface area contributed by atoms with E-state index in [9.17, 15) is 150 Å². The minimum absolute atomic E-state index is 0.0909. The Bertz CT molecular complexity index is 4380. The van der Waals surface area contributed by atoms with Crippen LogP contribution in [0, 0.1) is 0 Å². The van der Waals surface area contributed by atoms with Crippen molar-refractivity contribution in [3.63, 3.8) is 0 Å². The molecule has 672 valence electrons. The van der Waals surface area contributed by atoms with E-state index < -0.39 is 280 Å². The van der Waals surface area contributed by atoms with Crippen LogP contribution in [-0.4, -0.2) is 313 Å². The van der Waals surface area contributed by atoms with Crippen LogP contribution in [0.4, 0.5) is 13.2 Å². The van der Waals surface area contributed by atoms with Crippen molar-refractivity contribution in [1.29, 1.82) is 0 Å². The maximum absolute atomic E-state index is 14.4. The van der Waals surface area contributed by atoms with Crippen LogP contribution in [0.3, 0.4) is 0 Å². The molecule has 25 N–H and O–H groups in total. The van der Waals surface area contributed by atoms with E-state index in [0.29, 0.717) is 5.56 Å². The van der Waals surface area contributed by atoms with E-state index in [1.807, 2.05) is 5.32 Å². The van der Waals surface area contributed by atoms with Crippen molar-refractivity contribution in [2.75, 3.05) is 47.6 Å². The van der Waals surface area contributed by atoms with Crippen LogP contribution in [0.2, 0.25) is 0 Å². The van der Waals surface area contributed by atoms with E-state index in [1.54, 1.807) is 0 Å². The minimum Gasteiger partial charge on any atom is -0.508 e. The number of carboxylic acid groups (broad SMARTS) is 3. The molecule has 1 saturated heterocycles. The van der Waals surface area contributed by atoms with E-state index in [4.69, 9.17) is 25.9 Å². The number of aromatic hydroxyl groups is 2. The first-order valence-electron chi connectivity index (χ1n) is 34.1. The number of nitrogens with two attached hydrogens (primary N) is 2. The zero-order chi connectivity index (χ0) is 91.7. The number of aliphatic hydroxyl groups excluding tert-OH is 1. The third-order valence-electron chi connectivity index (χ3n) is 15.9. The summed E-state index contributed by atoms with van der Waals surface area (Å²) in [6.07, 6.45) is -10.4. The van der Waals surface area contributed by atoms with Crippen LogP contribution in [0.25, 0.3) is 0 Å². The number of hydrogen-bond donors (Lipinski definition) is 26. The van der Waals surface area contributed by atoms with Gasteiger partial charge < -0.3 is 111 Å². The zero-order valence-electron chi connectivity index (χ0n) is 62.2. The van der Waals surface area contributed by atoms with E-state index in [0.717, 1.165) is 30.9 Å². The molecular formula is C61H86F3N15O32S9. The van der Waals surface area contributed by atoms with Crippen molar-refractivity contribution in [1.82, 2.24) is 68.7 Å². The van der Waals surface area contributed by atoms with Gasteiger partial charge in [-0.2, -0.15) is 76.3 Å². The van der Waals surface area contributed by atoms with Crippen LogP contribution < -0.4 is 75.3 Å². The Kier molecular flexibility index (Phi) is 44.5. The summed E-state index contributed by atoms with van der Waals surface area (Å²) >= 11 is 12.2. The molecule has 0 bridgehead atoms. The van der Waals surface area contributed by atoms with Crippen molar-refractivity contribution in [2.45, 2.75) is 150 Å². The Labute approximate surface area is 706 Å². The van der Waals surface area contributed by atoms with Crippen molar-refractivity contribution < 1.29 is 164 Å². The second-order valence-corrected chi connectivity index (χ2v) is 36.5. The molecule has 1 fully saturated rings. The van der Waals surface area contributed by atoms with Gasteiger partial charge in [0.15, 0.2) is 0 Å². The first-order valence-corrected chi connectivity index (χ1v) is 44.8. The fourth-order valence-electron chi connectivity index (χ4n) is 9.84. The molecule has 0 saturated carbocycles. The third-order valence-corrected chi connectivity index (χ3v) is 23.2. The highest BCUT2D eigenvalue weighted by Crippen LogP contribution is 2.22. The molecule has 0 aromatic heterocycles. The third kappa shape index (κ3) is 40.3. The maximum Gasteiger partial charge on any atom is 0.490 e. The summed E-state index contributed by atoms with van der Waals surface area (Å²) < 4.78 is 130. The van der Waals surface area contributed by atoms with Crippen LogP contribution in [-0.2, 0) is 122 Å². The van der Waals surface area contributed by atoms with Gasteiger partial charge in [-0.15, -0.1) is 0 Å². The van der Waals surface area contributed by atoms with Gasteiger partial charge in [-0.25, -0.2) is 9.59 Å². The van der Waals surface area contributed by atoms with E-state index >= 15 is 0 Å². The van der Waals surface area contributed by atoms with E-state index in [2.05, 4.69) is 96.4 Å². The monoisotopic (exact) mass is 1890 g/mol. The predicted molar refractivity (Wildman–Crippen MR) is 424 cm³/mol. The standard InChI is InChI=1S/C59H85N15O30S9.C2HF3O2/c1-26(47(82)69-39(22-107)53(88)73-46(27(2)75)57(92)62-19-44(79)64-37(20-105)51(86)68-36(59(94)95)17-29-7-11-31(77)12-8-29)63-56(91)42-4-3-15-74(42)58(93)35(18-43(61)78)67-52(87)38(21-106)70-55(90)41(25-110-113(102,103)104)72-50(85)34(16-28-5-9-30(76)10-6-28)66-49(84)33(13-14-45(80)81)65-54(89)40(24-109-112(99,100)101)71-48(83)32(60)23-108-111(96,97)98;3-2(4,5)1(6)7/h5-12,26-27,32-42,46,75-77,105-107H,3-4,13-25,60H2,1-2H3,(H2,61,78)(H,62,92)(H,63,91)(H,64,79)(H,65,89)(H,66,84)(H,67,87)(H,68,86)(H,69,82)(H,70,90)(H,71,83)(H,72,85)(H,73,88)(H,80,81)(H,94,95)(H,96,97,98)(H,99,100,101)(H,102,103,104);(H,6,7)/t26-,27+,32-,33-,34-,35-,36-,37-,38-,39-,40-,41-,42-,46-;/m0./s1. The topological polar surface area (TPSA) is 774 Å². The largest absolute Gasteiger partial charge is 0.508 e. The molecule has 0 spiro atoms. The van der Waals surface area contributed by atoms with Crippen molar-refractivity contribution in [3.8, 4) is 11.5 Å². The van der Waals surface area contributed by atoms with Gasteiger partial charge >= 0.3 is 51.5 Å². The van der Waals surface area contributed by atoms with E-state index in [-0.39, 0.29) is 81.0 Å². The Morgan fingerprint density at radius 3 is 1.32 bits per heavy atom. The van der Waals surface area contributed by atoms with Crippen molar-refractivity contribution >= 4 is 198 Å². The molecule has 1 aliphatic heterocycles. The Morgan fingerprint density at radius 1 is 0.517 bits per heavy atom. The maximum atomic E-state index is 14.4.